The van der Waals surface area contributed by atoms with Crippen LogP contribution in [0.5, 0.6) is 0 Å². The van der Waals surface area contributed by atoms with Crippen LogP contribution in [0.3, 0.4) is 0 Å². The summed E-state index contributed by atoms with van der Waals surface area (Å²) in [6, 6.07) is 0. The highest BCUT2D eigenvalue weighted by atomic mass is 16.6. The van der Waals surface area contributed by atoms with E-state index in [1.54, 1.807) is 0 Å². The summed E-state index contributed by atoms with van der Waals surface area (Å²) in [4.78, 5) is 0. The van der Waals surface area contributed by atoms with Crippen molar-refractivity contribution >= 4 is 0 Å². The predicted molar refractivity (Wildman–Crippen MR) is 129 cm³/mol. The fourth-order valence-electron chi connectivity index (χ4n) is 3.91. The average Bonchev–Trinajstić information content (AvgIpc) is 2.79. The first-order valence-corrected chi connectivity index (χ1v) is 13.4. The molecule has 1 aliphatic rings. The number of hydrogen-bond acceptors (Lipinski definition) is 6. The van der Waals surface area contributed by atoms with Crippen LogP contribution < -0.4 is 0 Å². The van der Waals surface area contributed by atoms with Crippen LogP contribution >= 0.6 is 0 Å². The molecule has 1 saturated carbocycles. The molecule has 1 aliphatic carbocycles. The van der Waals surface area contributed by atoms with Gasteiger partial charge in [-0.1, -0.05) is 66.7 Å². The molecule has 0 bridgehead atoms. The maximum Gasteiger partial charge on any atom is 0.115 e. The first-order valence-electron chi connectivity index (χ1n) is 13.4. The van der Waals surface area contributed by atoms with Gasteiger partial charge in [0.25, 0.3) is 0 Å². The van der Waals surface area contributed by atoms with Crippen LogP contribution in [0.2, 0.25) is 0 Å². The molecule has 0 amide bonds. The molecule has 5 unspecified atom stereocenters. The van der Waals surface area contributed by atoms with Gasteiger partial charge in [-0.25, -0.2) is 0 Å². The second-order valence-corrected chi connectivity index (χ2v) is 8.94. The number of aliphatic hydroxyl groups is 1. The highest BCUT2D eigenvalue weighted by Crippen LogP contribution is 2.33. The van der Waals surface area contributed by atoms with E-state index >= 15 is 0 Å². The minimum atomic E-state index is -0.812. The van der Waals surface area contributed by atoms with Gasteiger partial charge in [-0.3, -0.25) is 0 Å². The number of unbranched alkanes of at least 4 members (excludes halogenated alkanes) is 5. The Balaban J connectivity index is 3.16. The first-order chi connectivity index (χ1) is 15.7. The Morgan fingerprint density at radius 3 is 0.875 bits per heavy atom. The van der Waals surface area contributed by atoms with Crippen LogP contribution in [0, 0.1) is 0 Å². The zero-order valence-corrected chi connectivity index (χ0v) is 21.6. The van der Waals surface area contributed by atoms with Crippen molar-refractivity contribution in [2.45, 2.75) is 135 Å². The lowest BCUT2D eigenvalue weighted by atomic mass is 9.83. The molecule has 192 valence electrons. The smallest absolute Gasteiger partial charge is 0.115 e. The van der Waals surface area contributed by atoms with E-state index in [0.717, 1.165) is 64.2 Å². The summed E-state index contributed by atoms with van der Waals surface area (Å²) in [5.74, 6) is 0. The predicted octanol–water partition coefficient (Wildman–Crippen LogP) is 5.29. The monoisotopic (exact) mass is 460 g/mol. The molecule has 1 fully saturated rings. The van der Waals surface area contributed by atoms with Gasteiger partial charge in [-0.05, 0) is 32.1 Å². The second-order valence-electron chi connectivity index (χ2n) is 8.94. The standard InChI is InChI=1S/C26H52O6/c1-6-11-16-28-22-21(27)23(29-17-12-7-2)25(31-19-14-9-4)26(32-20-15-10-5)24(22)30-18-13-8-3/h21-27H,6-20H2,1-5H3/t21?,22-,23?,24?,25?,26?/m1/s1. The summed E-state index contributed by atoms with van der Waals surface area (Å²) in [5, 5.41) is 11.4. The molecule has 0 aromatic rings. The molecule has 32 heavy (non-hydrogen) atoms. The lowest BCUT2D eigenvalue weighted by Crippen LogP contribution is -2.67. The molecule has 1 N–H and O–H groups in total. The molecule has 6 nitrogen and oxygen atoms in total. The Kier molecular flexibility index (Phi) is 17.8. The highest BCUT2D eigenvalue weighted by Gasteiger charge is 2.53. The van der Waals surface area contributed by atoms with Gasteiger partial charge < -0.3 is 28.8 Å². The van der Waals surface area contributed by atoms with Crippen molar-refractivity contribution in [3.8, 4) is 0 Å². The quantitative estimate of drug-likeness (QED) is 0.249. The van der Waals surface area contributed by atoms with E-state index in [-0.39, 0.29) is 18.3 Å². The van der Waals surface area contributed by atoms with Crippen molar-refractivity contribution in [2.75, 3.05) is 33.0 Å². The molecule has 0 aromatic carbocycles. The Hall–Kier alpha value is -0.240. The molecular weight excluding hydrogens is 408 g/mol. The van der Waals surface area contributed by atoms with Gasteiger partial charge in [0.05, 0.1) is 0 Å². The van der Waals surface area contributed by atoms with E-state index in [2.05, 4.69) is 34.6 Å². The SMILES string of the molecule is CCCCOC1C(OCCCC)C(O)[C@@H](OCCCC)C(OCCCC)C1OCCCC. The van der Waals surface area contributed by atoms with E-state index < -0.39 is 18.3 Å². The topological polar surface area (TPSA) is 66.4 Å². The third-order valence-electron chi connectivity index (χ3n) is 6.01. The third kappa shape index (κ3) is 10.4. The molecule has 0 radical (unpaired) electrons. The van der Waals surface area contributed by atoms with Crippen molar-refractivity contribution in [1.82, 2.24) is 0 Å². The van der Waals surface area contributed by atoms with Gasteiger partial charge in [0.2, 0.25) is 0 Å². The Morgan fingerprint density at radius 1 is 0.406 bits per heavy atom. The zero-order chi connectivity index (χ0) is 23.6. The van der Waals surface area contributed by atoms with Crippen molar-refractivity contribution in [2.24, 2.45) is 0 Å². The molecule has 0 aromatic heterocycles. The lowest BCUT2D eigenvalue weighted by molar-refractivity contribution is -0.274. The van der Waals surface area contributed by atoms with Gasteiger partial charge in [0, 0.05) is 33.0 Å². The van der Waals surface area contributed by atoms with E-state index in [1.165, 1.54) is 0 Å². The number of aliphatic hydroxyl groups excluding tert-OH is 1. The van der Waals surface area contributed by atoms with Crippen LogP contribution in [-0.2, 0) is 23.7 Å². The molecule has 6 heteroatoms. The summed E-state index contributed by atoms with van der Waals surface area (Å²) in [6.45, 7) is 13.8. The van der Waals surface area contributed by atoms with E-state index in [4.69, 9.17) is 23.7 Å². The van der Waals surface area contributed by atoms with E-state index in [1.807, 2.05) is 0 Å². The Morgan fingerprint density at radius 2 is 0.625 bits per heavy atom. The first kappa shape index (κ1) is 29.8. The van der Waals surface area contributed by atoms with Crippen LogP contribution in [0.1, 0.15) is 98.8 Å². The fraction of sp³-hybridized carbons (Fsp3) is 1.00. The lowest BCUT2D eigenvalue weighted by Gasteiger charge is -2.48. The van der Waals surface area contributed by atoms with Crippen LogP contribution in [0.25, 0.3) is 0 Å². The second kappa shape index (κ2) is 19.1. The summed E-state index contributed by atoms with van der Waals surface area (Å²) < 4.78 is 31.6. The van der Waals surface area contributed by atoms with Crippen LogP contribution in [-0.4, -0.2) is 74.8 Å². The van der Waals surface area contributed by atoms with Crippen molar-refractivity contribution in [3.63, 3.8) is 0 Å². The summed E-state index contributed by atoms with van der Waals surface area (Å²) in [5.41, 5.74) is 0. The van der Waals surface area contributed by atoms with Gasteiger partial charge in [0.1, 0.15) is 36.6 Å². The molecule has 0 spiro atoms. The molecular formula is C26H52O6. The largest absolute Gasteiger partial charge is 0.387 e. The number of rotatable bonds is 20. The average molecular weight is 461 g/mol. The van der Waals surface area contributed by atoms with E-state index in [9.17, 15) is 5.11 Å². The molecule has 6 atom stereocenters. The molecule has 0 heterocycles. The van der Waals surface area contributed by atoms with Crippen molar-refractivity contribution in [3.05, 3.63) is 0 Å². The molecule has 1 rings (SSSR count). The number of ether oxygens (including phenoxy) is 5. The van der Waals surface area contributed by atoms with Crippen molar-refractivity contribution < 1.29 is 28.8 Å². The summed E-state index contributed by atoms with van der Waals surface area (Å²) in [6.07, 6.45) is 7.21. The Labute approximate surface area is 197 Å². The molecule has 0 saturated heterocycles. The highest BCUT2D eigenvalue weighted by molar-refractivity contribution is 5.03. The van der Waals surface area contributed by atoms with Crippen LogP contribution in [0.15, 0.2) is 0 Å². The fourth-order valence-corrected chi connectivity index (χ4v) is 3.91. The van der Waals surface area contributed by atoms with Crippen LogP contribution in [0.4, 0.5) is 0 Å². The minimum Gasteiger partial charge on any atom is -0.387 e. The zero-order valence-electron chi connectivity index (χ0n) is 21.6. The summed E-state index contributed by atoms with van der Waals surface area (Å²) in [7, 11) is 0. The summed E-state index contributed by atoms with van der Waals surface area (Å²) >= 11 is 0. The van der Waals surface area contributed by atoms with Crippen molar-refractivity contribution in [1.29, 1.82) is 0 Å². The third-order valence-corrected chi connectivity index (χ3v) is 6.01. The molecule has 0 aliphatic heterocycles. The van der Waals surface area contributed by atoms with Gasteiger partial charge >= 0.3 is 0 Å². The van der Waals surface area contributed by atoms with Gasteiger partial charge in [0.15, 0.2) is 0 Å². The normalized spacial score (nSPS) is 28.3. The van der Waals surface area contributed by atoms with Gasteiger partial charge in [-0.15, -0.1) is 0 Å². The maximum atomic E-state index is 11.4. The minimum absolute atomic E-state index is 0.322. The Bertz CT molecular complexity index is 389. The maximum absolute atomic E-state index is 11.4. The van der Waals surface area contributed by atoms with Gasteiger partial charge in [-0.2, -0.15) is 0 Å². The van der Waals surface area contributed by atoms with E-state index in [0.29, 0.717) is 33.0 Å². The number of hydrogen-bond donors (Lipinski definition) is 1.